The first-order valence-corrected chi connectivity index (χ1v) is 12.0. The van der Waals surface area contributed by atoms with Gasteiger partial charge in [0.1, 0.15) is 16.3 Å². The van der Waals surface area contributed by atoms with E-state index < -0.39 is 5.97 Å². The topological polar surface area (TPSA) is 102 Å². The highest BCUT2D eigenvalue weighted by Crippen LogP contribution is 2.27. The summed E-state index contributed by atoms with van der Waals surface area (Å²) in [5, 5.41) is 6.41. The Hall–Kier alpha value is -3.98. The number of rotatable bonds is 8. The maximum atomic E-state index is 13.0. The van der Waals surface area contributed by atoms with Gasteiger partial charge in [-0.05, 0) is 54.8 Å². The molecule has 0 saturated carbocycles. The van der Waals surface area contributed by atoms with Crippen LogP contribution in [0.3, 0.4) is 0 Å². The van der Waals surface area contributed by atoms with Gasteiger partial charge in [0, 0.05) is 17.1 Å². The van der Waals surface area contributed by atoms with Gasteiger partial charge in [-0.25, -0.2) is 9.78 Å². The van der Waals surface area contributed by atoms with Crippen molar-refractivity contribution in [2.45, 2.75) is 27.3 Å². The molecule has 35 heavy (non-hydrogen) atoms. The van der Waals surface area contributed by atoms with E-state index in [4.69, 9.17) is 4.74 Å². The van der Waals surface area contributed by atoms with Crippen molar-refractivity contribution in [3.05, 3.63) is 81.7 Å². The molecule has 8 nitrogen and oxygen atoms in total. The lowest BCUT2D eigenvalue weighted by atomic mass is 10.2. The van der Waals surface area contributed by atoms with Crippen LogP contribution in [0.4, 0.5) is 17.1 Å². The Bertz CT molecular complexity index is 1410. The molecule has 2 aromatic heterocycles. The molecule has 0 aliphatic heterocycles. The molecule has 2 heterocycles. The lowest BCUT2D eigenvalue weighted by Crippen LogP contribution is -2.27. The zero-order valence-corrected chi connectivity index (χ0v) is 20.5. The highest BCUT2D eigenvalue weighted by molar-refractivity contribution is 7.20. The summed E-state index contributed by atoms with van der Waals surface area (Å²) in [6.07, 6.45) is 1.33. The maximum Gasteiger partial charge on any atom is 0.348 e. The average molecular weight is 491 g/mol. The number of ether oxygens (including phenoxy) is 1. The third-order valence-corrected chi connectivity index (χ3v) is 6.38. The maximum absolute atomic E-state index is 13.0. The number of para-hydroxylation sites is 1. The van der Waals surface area contributed by atoms with E-state index in [1.54, 1.807) is 19.1 Å². The lowest BCUT2D eigenvalue weighted by Gasteiger charge is -2.09. The standard InChI is InChI=1S/C26H26N4O4S/c1-16(2)14-34-26(33)23-17(3)22-24(35-23)27-15-30(25(22)32)13-21(31)29-20-11-9-19(10-12-20)28-18-7-5-4-6-8-18/h4-12,15-16,28H,13-14H2,1-3H3,(H,29,31). The van der Waals surface area contributed by atoms with Crippen molar-refractivity contribution in [1.29, 1.82) is 0 Å². The van der Waals surface area contributed by atoms with E-state index in [-0.39, 0.29) is 23.9 Å². The Morgan fingerprint density at radius 2 is 1.69 bits per heavy atom. The Labute approximate surface area is 206 Å². The number of fused-ring (bicyclic) bond motifs is 1. The van der Waals surface area contributed by atoms with Gasteiger partial charge in [-0.2, -0.15) is 0 Å². The molecule has 0 spiro atoms. The minimum absolute atomic E-state index is 0.200. The number of hydrogen-bond acceptors (Lipinski definition) is 7. The smallest absolute Gasteiger partial charge is 0.348 e. The lowest BCUT2D eigenvalue weighted by molar-refractivity contribution is -0.116. The number of hydrogen-bond donors (Lipinski definition) is 2. The molecule has 4 rings (SSSR count). The highest BCUT2D eigenvalue weighted by Gasteiger charge is 2.21. The number of esters is 1. The van der Waals surface area contributed by atoms with Gasteiger partial charge < -0.3 is 15.4 Å². The number of aryl methyl sites for hydroxylation is 1. The molecule has 2 aromatic carbocycles. The van der Waals surface area contributed by atoms with E-state index in [1.165, 1.54) is 10.9 Å². The minimum Gasteiger partial charge on any atom is -0.461 e. The predicted molar refractivity (Wildman–Crippen MR) is 139 cm³/mol. The summed E-state index contributed by atoms with van der Waals surface area (Å²) in [7, 11) is 0. The van der Waals surface area contributed by atoms with Gasteiger partial charge in [0.15, 0.2) is 0 Å². The van der Waals surface area contributed by atoms with Crippen LogP contribution in [-0.2, 0) is 16.1 Å². The number of aromatic nitrogens is 2. The number of amides is 1. The number of nitrogens with one attached hydrogen (secondary N) is 2. The Morgan fingerprint density at radius 1 is 1.03 bits per heavy atom. The normalized spacial score (nSPS) is 11.0. The summed E-state index contributed by atoms with van der Waals surface area (Å²) >= 11 is 1.12. The van der Waals surface area contributed by atoms with Gasteiger partial charge >= 0.3 is 5.97 Å². The molecule has 180 valence electrons. The van der Waals surface area contributed by atoms with Crippen LogP contribution in [0.5, 0.6) is 0 Å². The Balaban J connectivity index is 1.45. The zero-order chi connectivity index (χ0) is 24.9. The van der Waals surface area contributed by atoms with Crippen LogP contribution in [-0.4, -0.2) is 28.0 Å². The third kappa shape index (κ3) is 5.75. The van der Waals surface area contributed by atoms with Gasteiger partial charge in [-0.3, -0.25) is 14.2 Å². The van der Waals surface area contributed by atoms with E-state index in [0.717, 1.165) is 22.7 Å². The predicted octanol–water partition coefficient (Wildman–Crippen LogP) is 4.96. The molecule has 2 N–H and O–H groups in total. The molecule has 4 aromatic rings. The van der Waals surface area contributed by atoms with Crippen molar-refractivity contribution in [3.8, 4) is 0 Å². The van der Waals surface area contributed by atoms with Crippen LogP contribution in [0.2, 0.25) is 0 Å². The number of benzene rings is 2. The van der Waals surface area contributed by atoms with Crippen LogP contribution in [0.25, 0.3) is 10.2 Å². The van der Waals surface area contributed by atoms with Crippen molar-refractivity contribution in [3.63, 3.8) is 0 Å². The van der Waals surface area contributed by atoms with Crippen LogP contribution in [0, 0.1) is 12.8 Å². The molecule has 0 saturated heterocycles. The third-order valence-electron chi connectivity index (χ3n) is 5.20. The van der Waals surface area contributed by atoms with Crippen molar-refractivity contribution in [2.75, 3.05) is 17.2 Å². The first kappa shape index (κ1) is 24.2. The molecule has 9 heteroatoms. The van der Waals surface area contributed by atoms with E-state index in [9.17, 15) is 14.4 Å². The fourth-order valence-corrected chi connectivity index (χ4v) is 4.49. The molecule has 0 atom stereocenters. The van der Waals surface area contributed by atoms with Crippen LogP contribution in [0.15, 0.2) is 65.7 Å². The van der Waals surface area contributed by atoms with Crippen molar-refractivity contribution < 1.29 is 14.3 Å². The Morgan fingerprint density at radius 3 is 2.37 bits per heavy atom. The highest BCUT2D eigenvalue weighted by atomic mass is 32.1. The van der Waals surface area contributed by atoms with Crippen molar-refractivity contribution >= 4 is 50.5 Å². The second kappa shape index (κ2) is 10.5. The molecule has 0 aliphatic rings. The monoisotopic (exact) mass is 490 g/mol. The second-order valence-electron chi connectivity index (χ2n) is 8.52. The largest absolute Gasteiger partial charge is 0.461 e. The average Bonchev–Trinajstić information content (AvgIpc) is 3.18. The van der Waals surface area contributed by atoms with Crippen LogP contribution < -0.4 is 16.2 Å². The zero-order valence-electron chi connectivity index (χ0n) is 19.7. The molecule has 1 amide bonds. The summed E-state index contributed by atoms with van der Waals surface area (Å²) in [5.74, 6) is -0.617. The number of thiophene rings is 1. The summed E-state index contributed by atoms with van der Waals surface area (Å²) in [5.41, 5.74) is 2.61. The number of anilines is 3. The van der Waals surface area contributed by atoms with Gasteiger partial charge in [-0.15, -0.1) is 11.3 Å². The summed E-state index contributed by atoms with van der Waals surface area (Å²) in [6.45, 7) is 5.70. The quantitative estimate of drug-likeness (QED) is 0.339. The molecular weight excluding hydrogens is 464 g/mol. The Kier molecular flexibility index (Phi) is 7.26. The van der Waals surface area contributed by atoms with E-state index in [0.29, 0.717) is 33.0 Å². The minimum atomic E-state index is -0.465. The molecule has 0 bridgehead atoms. The molecule has 0 fully saturated rings. The van der Waals surface area contributed by atoms with Crippen LogP contribution >= 0.6 is 11.3 Å². The molecular formula is C26H26N4O4S. The van der Waals surface area contributed by atoms with Crippen molar-refractivity contribution in [1.82, 2.24) is 9.55 Å². The van der Waals surface area contributed by atoms with Gasteiger partial charge in [0.25, 0.3) is 5.56 Å². The van der Waals surface area contributed by atoms with E-state index in [2.05, 4.69) is 15.6 Å². The molecule has 0 aliphatic carbocycles. The number of carbonyl (C=O) groups excluding carboxylic acids is 2. The van der Waals surface area contributed by atoms with Crippen molar-refractivity contribution in [2.24, 2.45) is 5.92 Å². The molecule has 0 unspecified atom stereocenters. The summed E-state index contributed by atoms with van der Waals surface area (Å²) < 4.78 is 6.55. The molecule has 0 radical (unpaired) electrons. The van der Waals surface area contributed by atoms with Gasteiger partial charge in [-0.1, -0.05) is 32.0 Å². The number of carbonyl (C=O) groups is 2. The first-order valence-electron chi connectivity index (χ1n) is 11.2. The fraction of sp³-hybridized carbons (Fsp3) is 0.231. The summed E-state index contributed by atoms with van der Waals surface area (Å²) in [6, 6.07) is 17.0. The SMILES string of the molecule is Cc1c(C(=O)OCC(C)C)sc2ncn(CC(=O)Nc3ccc(Nc4ccccc4)cc3)c(=O)c12. The fourth-order valence-electron chi connectivity index (χ4n) is 3.45. The van der Waals surface area contributed by atoms with E-state index >= 15 is 0 Å². The number of nitrogens with zero attached hydrogens (tertiary/aromatic N) is 2. The van der Waals surface area contributed by atoms with E-state index in [1.807, 2.05) is 56.3 Å². The second-order valence-corrected chi connectivity index (χ2v) is 9.52. The summed E-state index contributed by atoms with van der Waals surface area (Å²) in [4.78, 5) is 43.2. The van der Waals surface area contributed by atoms with Gasteiger partial charge in [0.2, 0.25) is 5.91 Å². The first-order chi connectivity index (χ1) is 16.8. The van der Waals surface area contributed by atoms with Crippen LogP contribution in [0.1, 0.15) is 29.1 Å². The van der Waals surface area contributed by atoms with Gasteiger partial charge in [0.05, 0.1) is 18.3 Å².